The quantitative estimate of drug-likeness (QED) is 0.117. The molecule has 2 saturated carbocycles. The molecule has 0 heterocycles. The minimum atomic E-state index is -3.46. The fourth-order valence-electron chi connectivity index (χ4n) is 6.14. The van der Waals surface area contributed by atoms with Crippen LogP contribution >= 0.6 is 11.8 Å². The smallest absolute Gasteiger partial charge is 0.407 e. The molecule has 4 N–H and O–H groups in total. The summed E-state index contributed by atoms with van der Waals surface area (Å²) in [6.07, 6.45) is 13.2. The molecule has 0 spiro atoms. The highest BCUT2D eigenvalue weighted by molar-refractivity contribution is 7.99. The number of ether oxygens (including phenoxy) is 2. The lowest BCUT2D eigenvalue weighted by atomic mass is 10.0. The van der Waals surface area contributed by atoms with Crippen molar-refractivity contribution in [2.75, 3.05) is 37.1 Å². The third-order valence-electron chi connectivity index (χ3n) is 8.73. The van der Waals surface area contributed by atoms with Crippen LogP contribution in [0, 0.1) is 11.8 Å². The maximum atomic E-state index is 12.4. The van der Waals surface area contributed by atoms with Gasteiger partial charge in [0, 0.05) is 31.2 Å². The summed E-state index contributed by atoms with van der Waals surface area (Å²) in [6, 6.07) is -1.23. The predicted octanol–water partition coefficient (Wildman–Crippen LogP) is 5.26. The van der Waals surface area contributed by atoms with Crippen molar-refractivity contribution in [2.24, 2.45) is 11.8 Å². The third kappa shape index (κ3) is 23.8. The predicted molar refractivity (Wildman–Crippen MR) is 212 cm³/mol. The molecule has 0 saturated heterocycles. The van der Waals surface area contributed by atoms with E-state index in [1.165, 1.54) is 11.8 Å². The average Bonchev–Trinajstić information content (AvgIpc) is 3.77. The first kappa shape index (κ1) is 49.1. The van der Waals surface area contributed by atoms with Crippen LogP contribution < -0.4 is 21.3 Å². The molecule has 0 radical (unpaired) electrons. The van der Waals surface area contributed by atoms with Crippen LogP contribution in [0.25, 0.3) is 0 Å². The number of carbonyl (C=O) groups is 6. The Morgan fingerprint density at radius 3 is 1.35 bits per heavy atom. The largest absolute Gasteiger partial charge is 0.444 e. The number of rotatable bonds is 20. The Balaban J connectivity index is 0.000000541. The van der Waals surface area contributed by atoms with Gasteiger partial charge in [0.1, 0.15) is 17.0 Å². The number of amides is 4. The summed E-state index contributed by atoms with van der Waals surface area (Å²) in [7, 11) is -3.46. The van der Waals surface area contributed by atoms with Gasteiger partial charge in [0.25, 0.3) is 0 Å². The molecule has 0 unspecified atom stereocenters. The van der Waals surface area contributed by atoms with Gasteiger partial charge in [-0.3, -0.25) is 19.2 Å². The highest BCUT2D eigenvalue weighted by Gasteiger charge is 2.29. The Hall–Kier alpha value is -2.88. The van der Waals surface area contributed by atoms with Crippen LogP contribution in [0.15, 0.2) is 0 Å². The zero-order valence-electron chi connectivity index (χ0n) is 33.9. The molecule has 14 nitrogen and oxygen atoms in total. The summed E-state index contributed by atoms with van der Waals surface area (Å²) in [5.41, 5.74) is -1.08. The molecular weight excluding hydrogens is 737 g/mol. The van der Waals surface area contributed by atoms with Gasteiger partial charge in [-0.25, -0.2) is 18.0 Å². The first-order valence-corrected chi connectivity index (χ1v) is 22.8. The van der Waals surface area contributed by atoms with E-state index in [1.807, 2.05) is 27.0 Å². The summed E-state index contributed by atoms with van der Waals surface area (Å²) in [5.74, 6) is -0.774. The number of hydrogen-bond donors (Lipinski definition) is 4. The van der Waals surface area contributed by atoms with E-state index >= 15 is 0 Å². The Labute approximate surface area is 327 Å². The van der Waals surface area contributed by atoms with E-state index in [1.54, 1.807) is 20.8 Å². The van der Waals surface area contributed by atoms with Crippen molar-refractivity contribution in [1.29, 1.82) is 0 Å². The van der Waals surface area contributed by atoms with Crippen LogP contribution in [0.2, 0.25) is 0 Å². The molecule has 2 fully saturated rings. The molecule has 2 rings (SSSR count). The molecule has 2 atom stereocenters. The number of hydrogen-bond acceptors (Lipinski definition) is 11. The number of Topliss-reactive ketones (excluding diaryl/α,β-unsaturated/α-hetero) is 2. The van der Waals surface area contributed by atoms with Crippen LogP contribution in [-0.2, 0) is 38.5 Å². The van der Waals surface area contributed by atoms with Gasteiger partial charge in [0.05, 0.1) is 17.8 Å². The van der Waals surface area contributed by atoms with Gasteiger partial charge in [-0.05, 0) is 112 Å². The molecule has 16 heteroatoms. The van der Waals surface area contributed by atoms with Crippen molar-refractivity contribution >= 4 is 57.2 Å². The highest BCUT2D eigenvalue weighted by atomic mass is 32.2. The Bertz CT molecular complexity index is 1320. The summed E-state index contributed by atoms with van der Waals surface area (Å²) in [6.45, 7) is 11.7. The number of sulfone groups is 1. The first-order chi connectivity index (χ1) is 25.1. The van der Waals surface area contributed by atoms with Crippen molar-refractivity contribution in [3.05, 3.63) is 0 Å². The van der Waals surface area contributed by atoms with Crippen LogP contribution in [-0.4, -0.2) is 104 Å². The molecule has 312 valence electrons. The van der Waals surface area contributed by atoms with Gasteiger partial charge in [0.2, 0.25) is 11.8 Å². The zero-order chi connectivity index (χ0) is 41.0. The van der Waals surface area contributed by atoms with Crippen LogP contribution in [0.1, 0.15) is 131 Å². The lowest BCUT2D eigenvalue weighted by Crippen LogP contribution is -2.45. The van der Waals surface area contributed by atoms with Crippen LogP contribution in [0.5, 0.6) is 0 Å². The molecule has 2 aliphatic rings. The number of carbonyl (C=O) groups excluding carboxylic acids is 6. The topological polar surface area (TPSA) is 203 Å². The van der Waals surface area contributed by atoms with Gasteiger partial charge >= 0.3 is 12.2 Å². The minimum absolute atomic E-state index is 0.0221. The summed E-state index contributed by atoms with van der Waals surface area (Å²) >= 11 is 1.48. The number of thioether (sulfide) groups is 1. The second-order valence-corrected chi connectivity index (χ2v) is 19.4. The van der Waals surface area contributed by atoms with E-state index in [4.69, 9.17) is 9.47 Å². The highest BCUT2D eigenvalue weighted by Crippen LogP contribution is 2.26. The molecule has 0 bridgehead atoms. The summed E-state index contributed by atoms with van der Waals surface area (Å²) < 4.78 is 33.2. The SMILES string of the molecule is CC(C)(C)OC(=O)NCCCC[C@H](NC(=O)C1CCCC1)C(=O)CS(C)(=O)=O.CSCC(=O)[C@H](CCCCNC(=O)OC(C)(C)C)NC(=O)C1CCCC1. The second-order valence-electron chi connectivity index (χ2n) is 16.4. The molecule has 2 aliphatic carbocycles. The monoisotopic (exact) mass is 804 g/mol. The van der Waals surface area contributed by atoms with E-state index in [0.29, 0.717) is 44.5 Å². The Morgan fingerprint density at radius 2 is 1.02 bits per heavy atom. The average molecular weight is 805 g/mol. The van der Waals surface area contributed by atoms with Gasteiger partial charge in [-0.15, -0.1) is 0 Å². The molecule has 54 heavy (non-hydrogen) atoms. The lowest BCUT2D eigenvalue weighted by molar-refractivity contribution is -0.129. The second kappa shape index (κ2) is 24.6. The van der Waals surface area contributed by atoms with Crippen molar-refractivity contribution in [3.8, 4) is 0 Å². The molecule has 0 aromatic heterocycles. The van der Waals surface area contributed by atoms with Gasteiger partial charge in [-0.1, -0.05) is 25.7 Å². The Morgan fingerprint density at radius 1 is 0.648 bits per heavy atom. The van der Waals surface area contributed by atoms with Crippen molar-refractivity contribution in [3.63, 3.8) is 0 Å². The van der Waals surface area contributed by atoms with E-state index in [0.717, 1.165) is 70.5 Å². The number of unbranched alkanes of at least 4 members (excludes halogenated alkanes) is 2. The fourth-order valence-corrected chi connectivity index (χ4v) is 7.34. The summed E-state index contributed by atoms with van der Waals surface area (Å²) in [4.78, 5) is 72.5. The number of ketones is 2. The van der Waals surface area contributed by atoms with E-state index in [-0.39, 0.29) is 29.4 Å². The van der Waals surface area contributed by atoms with Crippen LogP contribution in [0.4, 0.5) is 9.59 Å². The van der Waals surface area contributed by atoms with Crippen LogP contribution in [0.3, 0.4) is 0 Å². The number of nitrogens with one attached hydrogen (secondary N) is 4. The van der Waals surface area contributed by atoms with Gasteiger partial charge in [0.15, 0.2) is 21.4 Å². The standard InChI is InChI=1S/C19H34N2O6S.C19H34N2O4S/c1-19(2,3)27-18(24)20-12-8-7-11-15(16(22)13-28(4,25)26)21-17(23)14-9-5-6-10-14;1-19(2,3)25-18(24)20-12-8-7-11-15(16(22)13-26-4)21-17(23)14-9-5-6-10-14/h14-15H,5-13H2,1-4H3,(H,20,24)(H,21,23);14-15H,5-13H2,1-4H3,(H,20,24)(H,21,23)/t2*15-/m00/s1. The molecule has 4 amide bonds. The van der Waals surface area contributed by atoms with E-state index in [9.17, 15) is 37.2 Å². The summed E-state index contributed by atoms with van der Waals surface area (Å²) in [5, 5.41) is 11.1. The Kier molecular flexibility index (Phi) is 22.4. The lowest BCUT2D eigenvalue weighted by Gasteiger charge is -2.21. The van der Waals surface area contributed by atoms with Crippen molar-refractivity contribution in [2.45, 2.75) is 155 Å². The van der Waals surface area contributed by atoms with E-state index in [2.05, 4.69) is 21.3 Å². The fraction of sp³-hybridized carbons (Fsp3) is 0.842. The maximum absolute atomic E-state index is 12.4. The minimum Gasteiger partial charge on any atom is -0.444 e. The number of alkyl carbamates (subject to hydrolysis) is 2. The van der Waals surface area contributed by atoms with E-state index < -0.39 is 56.8 Å². The molecule has 0 aromatic rings. The van der Waals surface area contributed by atoms with Gasteiger partial charge in [-0.2, -0.15) is 11.8 Å². The van der Waals surface area contributed by atoms with Crippen molar-refractivity contribution < 1.29 is 46.7 Å². The molecular formula is C38H68N4O10S2. The molecule has 0 aliphatic heterocycles. The molecule has 0 aromatic carbocycles. The first-order valence-electron chi connectivity index (χ1n) is 19.4. The maximum Gasteiger partial charge on any atom is 0.407 e. The normalized spacial score (nSPS) is 16.3. The van der Waals surface area contributed by atoms with Gasteiger partial charge < -0.3 is 30.7 Å². The third-order valence-corrected chi connectivity index (χ3v) is 10.1. The zero-order valence-corrected chi connectivity index (χ0v) is 35.6. The van der Waals surface area contributed by atoms with Crippen molar-refractivity contribution in [1.82, 2.24) is 21.3 Å².